The second kappa shape index (κ2) is 8.45. The van der Waals surface area contributed by atoms with Gasteiger partial charge in [0.15, 0.2) is 0 Å². The summed E-state index contributed by atoms with van der Waals surface area (Å²) in [4.78, 5) is 12.4. The van der Waals surface area contributed by atoms with Crippen LogP contribution in [0.2, 0.25) is 0 Å². The molecular formula is C22H18FN3O2S. The van der Waals surface area contributed by atoms with Crippen LogP contribution in [0.1, 0.15) is 18.5 Å². The topological polar surface area (TPSA) is 68.0 Å². The number of carbonyl (C=O) groups excluding carboxylic acids is 1. The van der Waals surface area contributed by atoms with Gasteiger partial charge in [0.25, 0.3) is 11.1 Å². The Balaban J connectivity index is 1.39. The Labute approximate surface area is 171 Å². The maximum atomic E-state index is 13.8. The summed E-state index contributed by atoms with van der Waals surface area (Å²) in [5, 5.41) is 13.2. The summed E-state index contributed by atoms with van der Waals surface area (Å²) in [5.74, 6) is -0.376. The van der Waals surface area contributed by atoms with Crippen LogP contribution >= 0.6 is 11.8 Å². The SMILES string of the molecule is C[C@@H](NC(=O)CSc1nnc(-c2ccccc2F)o1)c1cccc2ccccc12. The van der Waals surface area contributed by atoms with E-state index in [0.717, 1.165) is 28.1 Å². The van der Waals surface area contributed by atoms with Crippen LogP contribution in [0.5, 0.6) is 0 Å². The highest BCUT2D eigenvalue weighted by Crippen LogP contribution is 2.26. The summed E-state index contributed by atoms with van der Waals surface area (Å²) in [7, 11) is 0. The number of carbonyl (C=O) groups is 1. The summed E-state index contributed by atoms with van der Waals surface area (Å²) in [6.07, 6.45) is 0. The van der Waals surface area contributed by atoms with Crippen molar-refractivity contribution in [3.63, 3.8) is 0 Å². The van der Waals surface area contributed by atoms with E-state index < -0.39 is 5.82 Å². The molecule has 29 heavy (non-hydrogen) atoms. The van der Waals surface area contributed by atoms with Gasteiger partial charge in [0.1, 0.15) is 5.82 Å². The Hall–Kier alpha value is -3.19. The number of hydrogen-bond donors (Lipinski definition) is 1. The van der Waals surface area contributed by atoms with Gasteiger partial charge in [-0.05, 0) is 35.4 Å². The van der Waals surface area contributed by atoms with E-state index in [-0.39, 0.29) is 34.4 Å². The number of nitrogens with one attached hydrogen (secondary N) is 1. The quantitative estimate of drug-likeness (QED) is 0.456. The van der Waals surface area contributed by atoms with E-state index >= 15 is 0 Å². The molecule has 1 aromatic heterocycles. The van der Waals surface area contributed by atoms with Gasteiger partial charge < -0.3 is 9.73 Å². The predicted octanol–water partition coefficient (Wildman–Crippen LogP) is 5.00. The van der Waals surface area contributed by atoms with Gasteiger partial charge in [-0.1, -0.05) is 66.4 Å². The van der Waals surface area contributed by atoms with Gasteiger partial charge >= 0.3 is 0 Å². The summed E-state index contributed by atoms with van der Waals surface area (Å²) >= 11 is 1.12. The summed E-state index contributed by atoms with van der Waals surface area (Å²) < 4.78 is 19.3. The normalized spacial score (nSPS) is 12.1. The molecule has 146 valence electrons. The third kappa shape index (κ3) is 4.30. The molecule has 0 aliphatic rings. The number of aromatic nitrogens is 2. The highest BCUT2D eigenvalue weighted by Gasteiger charge is 2.16. The maximum absolute atomic E-state index is 13.8. The molecule has 0 aliphatic carbocycles. The molecule has 4 aromatic rings. The zero-order chi connectivity index (χ0) is 20.2. The molecule has 1 N–H and O–H groups in total. The minimum absolute atomic E-state index is 0.0927. The van der Waals surface area contributed by atoms with Gasteiger partial charge in [-0.25, -0.2) is 4.39 Å². The number of fused-ring (bicyclic) bond motifs is 1. The molecule has 1 heterocycles. The zero-order valence-corrected chi connectivity index (χ0v) is 16.4. The lowest BCUT2D eigenvalue weighted by Gasteiger charge is -2.16. The standard InChI is InChI=1S/C22H18FN3O2S/c1-14(16-11-6-8-15-7-2-3-9-17(15)16)24-20(27)13-29-22-26-25-21(28-22)18-10-4-5-12-19(18)23/h2-12,14H,13H2,1H3,(H,24,27)/t14-/m1/s1. The maximum Gasteiger partial charge on any atom is 0.277 e. The highest BCUT2D eigenvalue weighted by molar-refractivity contribution is 7.99. The van der Waals surface area contributed by atoms with Gasteiger partial charge in [0.2, 0.25) is 5.91 Å². The fraction of sp³-hybridized carbons (Fsp3) is 0.136. The van der Waals surface area contributed by atoms with Gasteiger partial charge in [-0.15, -0.1) is 10.2 Å². The van der Waals surface area contributed by atoms with E-state index in [2.05, 4.69) is 15.5 Å². The molecular weight excluding hydrogens is 389 g/mol. The van der Waals surface area contributed by atoms with Crippen LogP contribution in [0.25, 0.3) is 22.2 Å². The van der Waals surface area contributed by atoms with E-state index in [1.165, 1.54) is 6.07 Å². The summed E-state index contributed by atoms with van der Waals surface area (Å²) in [6.45, 7) is 1.95. The molecule has 1 amide bonds. The number of thioether (sulfide) groups is 1. The molecule has 4 rings (SSSR count). The number of rotatable bonds is 6. The van der Waals surface area contributed by atoms with Crippen molar-refractivity contribution in [3.8, 4) is 11.5 Å². The summed E-state index contributed by atoms with van der Waals surface area (Å²) in [6, 6.07) is 20.1. The van der Waals surface area contributed by atoms with Crippen LogP contribution in [0.3, 0.4) is 0 Å². The largest absolute Gasteiger partial charge is 0.411 e. The molecule has 0 spiro atoms. The van der Waals surface area contributed by atoms with Crippen molar-refractivity contribution in [1.82, 2.24) is 15.5 Å². The first-order valence-corrected chi connectivity index (χ1v) is 10.1. The van der Waals surface area contributed by atoms with Crippen LogP contribution in [-0.2, 0) is 4.79 Å². The Morgan fingerprint density at radius 2 is 1.83 bits per heavy atom. The fourth-order valence-corrected chi connectivity index (χ4v) is 3.70. The van der Waals surface area contributed by atoms with E-state index in [9.17, 15) is 9.18 Å². The summed E-state index contributed by atoms with van der Waals surface area (Å²) in [5.41, 5.74) is 1.29. The van der Waals surface area contributed by atoms with E-state index in [1.807, 2.05) is 49.4 Å². The molecule has 0 fully saturated rings. The van der Waals surface area contributed by atoms with Gasteiger partial charge in [0, 0.05) is 0 Å². The zero-order valence-electron chi connectivity index (χ0n) is 15.6. The molecule has 0 saturated carbocycles. The lowest BCUT2D eigenvalue weighted by atomic mass is 10.00. The van der Waals surface area contributed by atoms with Gasteiger partial charge in [-0.2, -0.15) is 0 Å². The Kier molecular flexibility index (Phi) is 5.57. The van der Waals surface area contributed by atoms with Gasteiger partial charge in [0.05, 0.1) is 17.4 Å². The highest BCUT2D eigenvalue weighted by atomic mass is 32.2. The molecule has 1 atom stereocenters. The third-order valence-electron chi connectivity index (χ3n) is 4.50. The third-order valence-corrected chi connectivity index (χ3v) is 5.32. The van der Waals surface area contributed by atoms with Crippen molar-refractivity contribution in [3.05, 3.63) is 78.1 Å². The van der Waals surface area contributed by atoms with Crippen LogP contribution in [0.15, 0.2) is 76.4 Å². The van der Waals surface area contributed by atoms with Crippen molar-refractivity contribution in [2.45, 2.75) is 18.2 Å². The molecule has 0 bridgehead atoms. The van der Waals surface area contributed by atoms with E-state index in [4.69, 9.17) is 4.42 Å². The van der Waals surface area contributed by atoms with Crippen LogP contribution in [0.4, 0.5) is 4.39 Å². The molecule has 0 radical (unpaired) electrons. The predicted molar refractivity (Wildman–Crippen MR) is 111 cm³/mol. The number of hydrogen-bond acceptors (Lipinski definition) is 5. The van der Waals surface area contributed by atoms with Crippen molar-refractivity contribution < 1.29 is 13.6 Å². The first kappa shape index (κ1) is 19.1. The number of halogens is 1. The second-order valence-electron chi connectivity index (χ2n) is 6.50. The molecule has 0 saturated heterocycles. The van der Waals surface area contributed by atoms with Crippen LogP contribution in [0, 0.1) is 5.82 Å². The first-order valence-electron chi connectivity index (χ1n) is 9.10. The number of nitrogens with zero attached hydrogens (tertiary/aromatic N) is 2. The Bertz CT molecular complexity index is 1160. The van der Waals surface area contributed by atoms with E-state index in [0.29, 0.717) is 0 Å². The minimum Gasteiger partial charge on any atom is -0.411 e. The van der Waals surface area contributed by atoms with E-state index in [1.54, 1.807) is 18.2 Å². The lowest BCUT2D eigenvalue weighted by molar-refractivity contribution is -0.119. The van der Waals surface area contributed by atoms with Crippen molar-refractivity contribution in [2.24, 2.45) is 0 Å². The first-order chi connectivity index (χ1) is 14.1. The Morgan fingerprint density at radius 3 is 2.69 bits per heavy atom. The lowest BCUT2D eigenvalue weighted by Crippen LogP contribution is -2.28. The minimum atomic E-state index is -0.436. The van der Waals surface area contributed by atoms with Gasteiger partial charge in [-0.3, -0.25) is 4.79 Å². The average molecular weight is 407 g/mol. The Morgan fingerprint density at radius 1 is 1.07 bits per heavy atom. The van der Waals surface area contributed by atoms with Crippen molar-refractivity contribution in [1.29, 1.82) is 0 Å². The monoisotopic (exact) mass is 407 g/mol. The van der Waals surface area contributed by atoms with Crippen LogP contribution in [-0.4, -0.2) is 21.9 Å². The van der Waals surface area contributed by atoms with Crippen molar-refractivity contribution in [2.75, 3.05) is 5.75 Å². The smallest absolute Gasteiger partial charge is 0.277 e. The molecule has 0 unspecified atom stereocenters. The average Bonchev–Trinajstić information content (AvgIpc) is 3.21. The molecule has 3 aromatic carbocycles. The fourth-order valence-electron chi connectivity index (χ4n) is 3.13. The number of benzene rings is 3. The molecule has 5 nitrogen and oxygen atoms in total. The molecule has 7 heteroatoms. The van der Waals surface area contributed by atoms with Crippen molar-refractivity contribution >= 4 is 28.4 Å². The number of amides is 1. The van der Waals surface area contributed by atoms with Crippen LogP contribution < -0.4 is 5.32 Å². The second-order valence-corrected chi connectivity index (χ2v) is 7.43. The molecule has 0 aliphatic heterocycles.